The van der Waals surface area contributed by atoms with E-state index in [1.54, 1.807) is 0 Å². The van der Waals surface area contributed by atoms with Gasteiger partial charge in [-0.2, -0.15) is 4.68 Å². The maximum Gasteiger partial charge on any atom is 0.173 e. The van der Waals surface area contributed by atoms with Crippen molar-refractivity contribution in [1.82, 2.24) is 25.5 Å². The third-order valence-corrected chi connectivity index (χ3v) is 3.03. The summed E-state index contributed by atoms with van der Waals surface area (Å²) < 4.78 is 1.81. The Hall–Kier alpha value is -1.75. The molecule has 0 spiro atoms. The molecule has 5 nitrogen and oxygen atoms in total. The van der Waals surface area contributed by atoms with Crippen LogP contribution in [0.3, 0.4) is 0 Å². The van der Waals surface area contributed by atoms with Gasteiger partial charge >= 0.3 is 0 Å². The second-order valence-electron chi connectivity index (χ2n) is 4.97. The Morgan fingerprint density at radius 3 is 2.53 bits per heavy atom. The van der Waals surface area contributed by atoms with Crippen LogP contribution in [0.25, 0.3) is 5.69 Å². The van der Waals surface area contributed by atoms with Crippen molar-refractivity contribution < 1.29 is 0 Å². The molecule has 1 aromatic heterocycles. The molecule has 1 N–H and O–H groups in total. The predicted octanol–water partition coefficient (Wildman–Crippen LogP) is 2.34. The zero-order valence-corrected chi connectivity index (χ0v) is 12.0. The van der Waals surface area contributed by atoms with E-state index in [4.69, 9.17) is 0 Å². The molecule has 0 aliphatic heterocycles. The summed E-state index contributed by atoms with van der Waals surface area (Å²) in [6.45, 7) is 9.35. The maximum absolute atomic E-state index is 4.14. The molecule has 0 saturated heterocycles. The number of aryl methyl sites for hydroxylation is 2. The van der Waals surface area contributed by atoms with Gasteiger partial charge in [0.15, 0.2) is 5.82 Å². The van der Waals surface area contributed by atoms with Gasteiger partial charge in [-0.3, -0.25) is 0 Å². The van der Waals surface area contributed by atoms with E-state index in [1.807, 2.05) is 4.68 Å². The molecule has 19 heavy (non-hydrogen) atoms. The number of hydrogen-bond donors (Lipinski definition) is 1. The zero-order chi connectivity index (χ0) is 13.8. The Kier molecular flexibility index (Phi) is 4.27. The average Bonchev–Trinajstić information content (AvgIpc) is 2.84. The Morgan fingerprint density at radius 1 is 1.21 bits per heavy atom. The van der Waals surface area contributed by atoms with Gasteiger partial charge in [0.25, 0.3) is 0 Å². The molecule has 2 aromatic rings. The maximum atomic E-state index is 4.14. The Balaban J connectivity index is 2.32. The standard InChI is InChI=1S/C14H21N5/c1-5-6-15-12(4)14-16-17-18-19(14)13-8-10(2)7-11(3)9-13/h7-9,12,15H,5-6H2,1-4H3. The highest BCUT2D eigenvalue weighted by atomic mass is 15.5. The van der Waals surface area contributed by atoms with Crippen LogP contribution >= 0.6 is 0 Å². The van der Waals surface area contributed by atoms with E-state index in [-0.39, 0.29) is 6.04 Å². The summed E-state index contributed by atoms with van der Waals surface area (Å²) in [5.74, 6) is 0.846. The van der Waals surface area contributed by atoms with Gasteiger partial charge in [-0.25, -0.2) is 0 Å². The highest BCUT2D eigenvalue weighted by molar-refractivity contribution is 5.39. The molecule has 1 aromatic carbocycles. The van der Waals surface area contributed by atoms with Crippen molar-refractivity contribution in [2.75, 3.05) is 6.54 Å². The smallest absolute Gasteiger partial charge is 0.173 e. The van der Waals surface area contributed by atoms with Crippen molar-refractivity contribution in [1.29, 1.82) is 0 Å². The molecule has 0 radical (unpaired) electrons. The Bertz CT molecular complexity index is 526. The van der Waals surface area contributed by atoms with Crippen LogP contribution in [0.1, 0.15) is 43.3 Å². The normalized spacial score (nSPS) is 12.6. The minimum absolute atomic E-state index is 0.135. The first-order valence-electron chi connectivity index (χ1n) is 6.72. The molecule has 0 fully saturated rings. The lowest BCUT2D eigenvalue weighted by Gasteiger charge is -2.13. The minimum Gasteiger partial charge on any atom is -0.307 e. The number of aromatic nitrogens is 4. The summed E-state index contributed by atoms with van der Waals surface area (Å²) in [6.07, 6.45) is 1.09. The monoisotopic (exact) mass is 259 g/mol. The van der Waals surface area contributed by atoms with Gasteiger partial charge in [-0.1, -0.05) is 13.0 Å². The first-order chi connectivity index (χ1) is 9.11. The summed E-state index contributed by atoms with van der Waals surface area (Å²) in [5, 5.41) is 15.5. The largest absolute Gasteiger partial charge is 0.307 e. The van der Waals surface area contributed by atoms with Crippen LogP contribution in [-0.4, -0.2) is 26.8 Å². The Morgan fingerprint density at radius 2 is 1.89 bits per heavy atom. The van der Waals surface area contributed by atoms with Crippen molar-refractivity contribution in [3.05, 3.63) is 35.2 Å². The first-order valence-corrected chi connectivity index (χ1v) is 6.72. The van der Waals surface area contributed by atoms with E-state index in [0.717, 1.165) is 24.5 Å². The topological polar surface area (TPSA) is 55.6 Å². The quantitative estimate of drug-likeness (QED) is 0.895. The van der Waals surface area contributed by atoms with Gasteiger partial charge in [0.1, 0.15) is 0 Å². The van der Waals surface area contributed by atoms with Gasteiger partial charge in [-0.05, 0) is 67.4 Å². The number of hydrogen-bond acceptors (Lipinski definition) is 4. The highest BCUT2D eigenvalue weighted by Gasteiger charge is 2.15. The van der Waals surface area contributed by atoms with Crippen LogP contribution in [0.15, 0.2) is 18.2 Å². The lowest BCUT2D eigenvalue weighted by molar-refractivity contribution is 0.531. The molecule has 1 heterocycles. The first kappa shape index (κ1) is 13.7. The molecule has 0 aliphatic carbocycles. The predicted molar refractivity (Wildman–Crippen MR) is 75.3 cm³/mol. The van der Waals surface area contributed by atoms with Crippen LogP contribution in [0.5, 0.6) is 0 Å². The molecular formula is C14H21N5. The molecule has 2 rings (SSSR count). The van der Waals surface area contributed by atoms with E-state index >= 15 is 0 Å². The SMILES string of the molecule is CCCNC(C)c1nnnn1-c1cc(C)cc(C)c1. The molecule has 1 unspecified atom stereocenters. The van der Waals surface area contributed by atoms with Crippen LogP contribution in [0.4, 0.5) is 0 Å². The van der Waals surface area contributed by atoms with Gasteiger partial charge in [0.2, 0.25) is 0 Å². The number of nitrogens with zero attached hydrogens (tertiary/aromatic N) is 4. The van der Waals surface area contributed by atoms with E-state index in [2.05, 4.69) is 66.7 Å². The number of nitrogens with one attached hydrogen (secondary N) is 1. The molecule has 0 amide bonds. The van der Waals surface area contributed by atoms with Crippen molar-refractivity contribution in [3.8, 4) is 5.69 Å². The van der Waals surface area contributed by atoms with Gasteiger partial charge < -0.3 is 5.32 Å². The van der Waals surface area contributed by atoms with Crippen molar-refractivity contribution >= 4 is 0 Å². The third-order valence-electron chi connectivity index (χ3n) is 3.03. The van der Waals surface area contributed by atoms with Crippen LogP contribution in [0, 0.1) is 13.8 Å². The summed E-state index contributed by atoms with van der Waals surface area (Å²) in [6, 6.07) is 6.47. The average molecular weight is 259 g/mol. The van der Waals surface area contributed by atoms with Crippen molar-refractivity contribution in [2.24, 2.45) is 0 Å². The summed E-state index contributed by atoms with van der Waals surface area (Å²) in [5.41, 5.74) is 3.44. The van der Waals surface area contributed by atoms with E-state index in [9.17, 15) is 0 Å². The van der Waals surface area contributed by atoms with E-state index < -0.39 is 0 Å². The zero-order valence-electron chi connectivity index (χ0n) is 12.0. The summed E-state index contributed by atoms with van der Waals surface area (Å²) in [7, 11) is 0. The molecular weight excluding hydrogens is 238 g/mol. The molecule has 1 atom stereocenters. The third kappa shape index (κ3) is 3.17. The molecule has 5 heteroatoms. The van der Waals surface area contributed by atoms with Crippen LogP contribution < -0.4 is 5.32 Å². The minimum atomic E-state index is 0.135. The second kappa shape index (κ2) is 5.93. The van der Waals surface area contributed by atoms with Crippen molar-refractivity contribution in [2.45, 2.75) is 40.2 Å². The lowest BCUT2D eigenvalue weighted by atomic mass is 10.1. The van der Waals surface area contributed by atoms with Gasteiger partial charge in [0, 0.05) is 0 Å². The van der Waals surface area contributed by atoms with Gasteiger partial charge in [0.05, 0.1) is 11.7 Å². The summed E-state index contributed by atoms with van der Waals surface area (Å²) >= 11 is 0. The Labute approximate surface area is 114 Å². The molecule has 0 saturated carbocycles. The second-order valence-corrected chi connectivity index (χ2v) is 4.97. The number of tetrazole rings is 1. The fraction of sp³-hybridized carbons (Fsp3) is 0.500. The molecule has 0 bridgehead atoms. The number of rotatable bonds is 5. The lowest BCUT2D eigenvalue weighted by Crippen LogP contribution is -2.22. The fourth-order valence-corrected chi connectivity index (χ4v) is 2.17. The van der Waals surface area contributed by atoms with E-state index in [1.165, 1.54) is 11.1 Å². The van der Waals surface area contributed by atoms with Crippen LogP contribution in [-0.2, 0) is 0 Å². The molecule has 102 valence electrons. The molecule has 0 aliphatic rings. The van der Waals surface area contributed by atoms with Crippen LogP contribution in [0.2, 0.25) is 0 Å². The highest BCUT2D eigenvalue weighted by Crippen LogP contribution is 2.17. The summed E-state index contributed by atoms with van der Waals surface area (Å²) in [4.78, 5) is 0. The van der Waals surface area contributed by atoms with Crippen molar-refractivity contribution in [3.63, 3.8) is 0 Å². The van der Waals surface area contributed by atoms with E-state index in [0.29, 0.717) is 0 Å². The fourth-order valence-electron chi connectivity index (χ4n) is 2.17. The number of benzene rings is 1. The van der Waals surface area contributed by atoms with Gasteiger partial charge in [-0.15, -0.1) is 5.10 Å².